The van der Waals surface area contributed by atoms with E-state index in [2.05, 4.69) is 27.3 Å². The average molecular weight is 231 g/mol. The maximum Gasteiger partial charge on any atom is 0.155 e. The van der Waals surface area contributed by atoms with Crippen molar-refractivity contribution in [3.05, 3.63) is 35.5 Å². The summed E-state index contributed by atoms with van der Waals surface area (Å²) >= 11 is 0. The van der Waals surface area contributed by atoms with E-state index in [4.69, 9.17) is 0 Å². The Morgan fingerprint density at radius 2 is 2.06 bits per heavy atom. The smallest absolute Gasteiger partial charge is 0.155 e. The van der Waals surface area contributed by atoms with Crippen LogP contribution in [0.1, 0.15) is 24.3 Å². The summed E-state index contributed by atoms with van der Waals surface area (Å²) in [6.45, 7) is 7.60. The van der Waals surface area contributed by atoms with Crippen molar-refractivity contribution >= 4 is 0 Å². The van der Waals surface area contributed by atoms with E-state index in [1.54, 1.807) is 4.68 Å². The van der Waals surface area contributed by atoms with Crippen LogP contribution in [0.5, 0.6) is 0 Å². The lowest BCUT2D eigenvalue weighted by atomic mass is 10.3. The molecule has 0 spiro atoms. The van der Waals surface area contributed by atoms with E-state index in [1.807, 2.05) is 32.0 Å². The molecule has 90 valence electrons. The molecule has 0 aromatic carbocycles. The average Bonchev–Trinajstić information content (AvgIpc) is 2.66. The molecule has 2 aromatic heterocycles. The van der Waals surface area contributed by atoms with Crippen LogP contribution >= 0.6 is 0 Å². The van der Waals surface area contributed by atoms with Crippen LogP contribution in [-0.4, -0.2) is 26.3 Å². The van der Waals surface area contributed by atoms with Crippen LogP contribution in [0.25, 0.3) is 5.82 Å². The van der Waals surface area contributed by atoms with Gasteiger partial charge in [0.15, 0.2) is 5.82 Å². The third-order valence-electron chi connectivity index (χ3n) is 2.44. The maximum atomic E-state index is 4.55. The summed E-state index contributed by atoms with van der Waals surface area (Å²) in [5.74, 6) is 2.44. The van der Waals surface area contributed by atoms with Crippen molar-refractivity contribution in [2.75, 3.05) is 6.54 Å². The van der Waals surface area contributed by atoms with E-state index < -0.39 is 0 Å². The fourth-order valence-corrected chi connectivity index (χ4v) is 1.67. The summed E-state index contributed by atoms with van der Waals surface area (Å²) in [7, 11) is 0. The highest BCUT2D eigenvalue weighted by Gasteiger charge is 2.06. The largest absolute Gasteiger partial charge is 0.311 e. The molecule has 0 amide bonds. The maximum absolute atomic E-state index is 4.55. The van der Waals surface area contributed by atoms with Crippen LogP contribution in [0.4, 0.5) is 0 Å². The molecule has 5 heteroatoms. The van der Waals surface area contributed by atoms with Gasteiger partial charge in [-0.2, -0.15) is 4.68 Å². The molecule has 0 saturated heterocycles. The first-order valence-electron chi connectivity index (χ1n) is 5.78. The van der Waals surface area contributed by atoms with Crippen molar-refractivity contribution in [3.8, 4) is 5.82 Å². The first-order valence-corrected chi connectivity index (χ1v) is 5.78. The van der Waals surface area contributed by atoms with Gasteiger partial charge in [-0.1, -0.05) is 13.0 Å². The predicted molar refractivity (Wildman–Crippen MR) is 66.0 cm³/mol. The molecule has 17 heavy (non-hydrogen) atoms. The first kappa shape index (κ1) is 11.7. The Kier molecular flexibility index (Phi) is 3.49. The lowest BCUT2D eigenvalue weighted by Crippen LogP contribution is -2.14. The van der Waals surface area contributed by atoms with Crippen LogP contribution in [-0.2, 0) is 6.54 Å². The van der Waals surface area contributed by atoms with Gasteiger partial charge in [0.05, 0.1) is 5.69 Å². The van der Waals surface area contributed by atoms with E-state index in [9.17, 15) is 0 Å². The van der Waals surface area contributed by atoms with Gasteiger partial charge in [-0.15, -0.1) is 5.10 Å². The van der Waals surface area contributed by atoms with Gasteiger partial charge < -0.3 is 5.32 Å². The lowest BCUT2D eigenvalue weighted by Gasteiger charge is -2.05. The number of hydrogen-bond acceptors (Lipinski definition) is 4. The highest BCUT2D eigenvalue weighted by molar-refractivity contribution is 5.24. The summed E-state index contributed by atoms with van der Waals surface area (Å²) in [6, 6.07) is 5.94. The molecule has 1 N–H and O–H groups in total. The Bertz CT molecular complexity index is 503. The number of aromatic nitrogens is 4. The van der Waals surface area contributed by atoms with Crippen LogP contribution in [0.3, 0.4) is 0 Å². The SMILES string of the molecule is CCNCc1cccc(-n2nc(C)nc2C)n1. The van der Waals surface area contributed by atoms with Crippen molar-refractivity contribution in [3.63, 3.8) is 0 Å². The molecule has 2 aromatic rings. The second-order valence-electron chi connectivity index (χ2n) is 3.89. The standard InChI is InChI=1S/C12H17N5/c1-4-13-8-11-6-5-7-12(15-11)17-10(3)14-9(2)16-17/h5-7,13H,4,8H2,1-3H3. The van der Waals surface area contributed by atoms with E-state index in [1.165, 1.54) is 0 Å². The lowest BCUT2D eigenvalue weighted by molar-refractivity contribution is 0.702. The number of rotatable bonds is 4. The number of nitrogens with zero attached hydrogens (tertiary/aromatic N) is 4. The molecule has 0 fully saturated rings. The fourth-order valence-electron chi connectivity index (χ4n) is 1.67. The zero-order chi connectivity index (χ0) is 12.3. The highest BCUT2D eigenvalue weighted by atomic mass is 15.4. The van der Waals surface area contributed by atoms with Gasteiger partial charge in [0.2, 0.25) is 0 Å². The van der Waals surface area contributed by atoms with E-state index in [0.717, 1.165) is 36.3 Å². The number of pyridine rings is 1. The Labute approximate surface area is 101 Å². The Morgan fingerprint density at radius 1 is 1.24 bits per heavy atom. The molecular formula is C12H17N5. The minimum atomic E-state index is 0.765. The minimum absolute atomic E-state index is 0.765. The molecule has 0 bridgehead atoms. The summed E-state index contributed by atoms with van der Waals surface area (Å²) < 4.78 is 1.77. The molecule has 5 nitrogen and oxygen atoms in total. The normalized spacial score (nSPS) is 10.8. The molecule has 2 rings (SSSR count). The van der Waals surface area contributed by atoms with E-state index >= 15 is 0 Å². The molecule has 0 aliphatic carbocycles. The second kappa shape index (κ2) is 5.05. The molecule has 0 radical (unpaired) electrons. The predicted octanol–water partition coefficient (Wildman–Crippen LogP) is 1.39. The van der Waals surface area contributed by atoms with Crippen LogP contribution in [0, 0.1) is 13.8 Å². The first-order chi connectivity index (χ1) is 8.20. The van der Waals surface area contributed by atoms with Crippen molar-refractivity contribution < 1.29 is 0 Å². The van der Waals surface area contributed by atoms with E-state index in [0.29, 0.717) is 0 Å². The molecule has 0 saturated carbocycles. The molecule has 0 unspecified atom stereocenters. The number of hydrogen-bond donors (Lipinski definition) is 1. The van der Waals surface area contributed by atoms with Crippen molar-refractivity contribution in [1.29, 1.82) is 0 Å². The van der Waals surface area contributed by atoms with Gasteiger partial charge >= 0.3 is 0 Å². The zero-order valence-corrected chi connectivity index (χ0v) is 10.4. The third-order valence-corrected chi connectivity index (χ3v) is 2.44. The Morgan fingerprint density at radius 3 is 2.71 bits per heavy atom. The van der Waals surface area contributed by atoms with Gasteiger partial charge in [0, 0.05) is 6.54 Å². The highest BCUT2D eigenvalue weighted by Crippen LogP contribution is 2.07. The second-order valence-corrected chi connectivity index (χ2v) is 3.89. The summed E-state index contributed by atoms with van der Waals surface area (Å²) in [4.78, 5) is 8.83. The Hall–Kier alpha value is -1.75. The number of nitrogens with one attached hydrogen (secondary N) is 1. The van der Waals surface area contributed by atoms with Crippen LogP contribution in [0.2, 0.25) is 0 Å². The van der Waals surface area contributed by atoms with Crippen molar-refractivity contribution in [2.24, 2.45) is 0 Å². The molecule has 2 heterocycles. The van der Waals surface area contributed by atoms with Gasteiger partial charge in [0.1, 0.15) is 11.6 Å². The summed E-state index contributed by atoms with van der Waals surface area (Å²) in [6.07, 6.45) is 0. The van der Waals surface area contributed by atoms with E-state index in [-0.39, 0.29) is 0 Å². The van der Waals surface area contributed by atoms with Crippen molar-refractivity contribution in [2.45, 2.75) is 27.3 Å². The zero-order valence-electron chi connectivity index (χ0n) is 10.4. The molecule has 0 atom stereocenters. The molecule has 0 aliphatic rings. The van der Waals surface area contributed by atoms with Gasteiger partial charge in [-0.3, -0.25) is 0 Å². The summed E-state index contributed by atoms with van der Waals surface area (Å²) in [5.41, 5.74) is 1.01. The van der Waals surface area contributed by atoms with Crippen molar-refractivity contribution in [1.82, 2.24) is 25.1 Å². The molecule has 0 aliphatic heterocycles. The summed E-state index contributed by atoms with van der Waals surface area (Å²) in [5, 5.41) is 7.58. The monoisotopic (exact) mass is 231 g/mol. The van der Waals surface area contributed by atoms with Gasteiger partial charge in [-0.05, 0) is 32.5 Å². The quantitative estimate of drug-likeness (QED) is 0.864. The Balaban J connectivity index is 2.29. The number of aryl methyl sites for hydroxylation is 2. The van der Waals surface area contributed by atoms with Gasteiger partial charge in [-0.25, -0.2) is 9.97 Å². The van der Waals surface area contributed by atoms with Crippen LogP contribution in [0.15, 0.2) is 18.2 Å². The topological polar surface area (TPSA) is 55.6 Å². The van der Waals surface area contributed by atoms with Gasteiger partial charge in [0.25, 0.3) is 0 Å². The third kappa shape index (κ3) is 2.68. The fraction of sp³-hybridized carbons (Fsp3) is 0.417. The minimum Gasteiger partial charge on any atom is -0.311 e. The van der Waals surface area contributed by atoms with Crippen LogP contribution < -0.4 is 5.32 Å². The molecular weight excluding hydrogens is 214 g/mol.